The summed E-state index contributed by atoms with van der Waals surface area (Å²) in [5.74, 6) is 0.104. The van der Waals surface area contributed by atoms with Gasteiger partial charge in [-0.2, -0.15) is 0 Å². The van der Waals surface area contributed by atoms with Crippen LogP contribution in [0.25, 0.3) is 0 Å². The minimum absolute atomic E-state index is 0.0286. The number of benzene rings is 2. The first-order valence-electron chi connectivity index (χ1n) is 12.0. The van der Waals surface area contributed by atoms with Crippen molar-refractivity contribution in [3.05, 3.63) is 59.1 Å². The molecule has 1 unspecified atom stereocenters. The molecule has 5 rings (SSSR count). The Balaban J connectivity index is 1.27. The number of nitrogens with zero attached hydrogens (tertiary/aromatic N) is 3. The van der Waals surface area contributed by atoms with E-state index in [1.165, 1.54) is 0 Å². The van der Waals surface area contributed by atoms with Crippen LogP contribution < -0.4 is 9.64 Å². The Labute approximate surface area is 209 Å². The van der Waals surface area contributed by atoms with Gasteiger partial charge in [-0.1, -0.05) is 23.7 Å². The first-order valence-corrected chi connectivity index (χ1v) is 12.4. The molecule has 0 aliphatic carbocycles. The molecular formula is C26H28ClN3O5. The van der Waals surface area contributed by atoms with Crippen molar-refractivity contribution in [1.29, 1.82) is 0 Å². The van der Waals surface area contributed by atoms with E-state index in [0.29, 0.717) is 74.3 Å². The highest BCUT2D eigenvalue weighted by Gasteiger charge is 2.39. The molecule has 3 aliphatic rings. The van der Waals surface area contributed by atoms with Crippen LogP contribution in [0.3, 0.4) is 0 Å². The van der Waals surface area contributed by atoms with Crippen molar-refractivity contribution < 1.29 is 23.9 Å². The molecule has 1 atom stereocenters. The van der Waals surface area contributed by atoms with Gasteiger partial charge in [0.1, 0.15) is 5.75 Å². The van der Waals surface area contributed by atoms with E-state index in [2.05, 4.69) is 0 Å². The lowest BCUT2D eigenvalue weighted by molar-refractivity contribution is -0.143. The quantitative estimate of drug-likeness (QED) is 0.651. The second kappa shape index (κ2) is 10.3. The first-order chi connectivity index (χ1) is 17.0. The van der Waals surface area contributed by atoms with Crippen molar-refractivity contribution in [2.45, 2.75) is 18.9 Å². The van der Waals surface area contributed by atoms with Gasteiger partial charge in [0.15, 0.2) is 6.10 Å². The van der Waals surface area contributed by atoms with Crippen LogP contribution in [0.2, 0.25) is 5.02 Å². The Bertz CT molecular complexity index is 1090. The molecule has 8 nitrogen and oxygen atoms in total. The number of carbonyl (C=O) groups is 3. The maximum Gasteiger partial charge on any atom is 0.265 e. The van der Waals surface area contributed by atoms with Crippen LogP contribution in [0.4, 0.5) is 5.69 Å². The SMILES string of the molecule is O=C(c1ccc(Cl)cc1)N1CCC(C(=O)N2CC(C(=O)N3CCOCC3)Oc3ccccc32)CC1. The highest BCUT2D eigenvalue weighted by molar-refractivity contribution is 6.30. The van der Waals surface area contributed by atoms with Crippen molar-refractivity contribution in [3.8, 4) is 5.75 Å². The van der Waals surface area contributed by atoms with Crippen LogP contribution >= 0.6 is 11.6 Å². The number of hydrogen-bond acceptors (Lipinski definition) is 5. The van der Waals surface area contributed by atoms with Crippen LogP contribution in [-0.4, -0.2) is 79.6 Å². The molecule has 2 fully saturated rings. The summed E-state index contributed by atoms with van der Waals surface area (Å²) in [7, 11) is 0. The number of halogens is 1. The largest absolute Gasteiger partial charge is 0.476 e. The van der Waals surface area contributed by atoms with E-state index >= 15 is 0 Å². The molecule has 0 spiro atoms. The second-order valence-corrected chi connectivity index (χ2v) is 9.47. The fourth-order valence-corrected chi connectivity index (χ4v) is 5.01. The van der Waals surface area contributed by atoms with Gasteiger partial charge in [0.05, 0.1) is 25.4 Å². The molecule has 3 amide bonds. The van der Waals surface area contributed by atoms with Gasteiger partial charge < -0.3 is 24.2 Å². The third-order valence-corrected chi connectivity index (χ3v) is 7.11. The lowest BCUT2D eigenvalue weighted by atomic mass is 9.94. The van der Waals surface area contributed by atoms with Crippen LogP contribution in [-0.2, 0) is 14.3 Å². The zero-order valence-electron chi connectivity index (χ0n) is 19.4. The summed E-state index contributed by atoms with van der Waals surface area (Å²) in [6.07, 6.45) is 0.387. The minimum atomic E-state index is -0.751. The molecule has 0 bridgehead atoms. The van der Waals surface area contributed by atoms with Crippen molar-refractivity contribution in [3.63, 3.8) is 0 Å². The van der Waals surface area contributed by atoms with Crippen LogP contribution in [0.1, 0.15) is 23.2 Å². The molecule has 3 heterocycles. The van der Waals surface area contributed by atoms with Gasteiger partial charge in [-0.3, -0.25) is 14.4 Å². The molecule has 2 aromatic rings. The third kappa shape index (κ3) is 4.99. The number of morpholine rings is 1. The Kier molecular flexibility index (Phi) is 6.92. The monoisotopic (exact) mass is 497 g/mol. The Morgan fingerprint density at radius 3 is 2.23 bits per heavy atom. The number of anilines is 1. The first kappa shape index (κ1) is 23.6. The van der Waals surface area contributed by atoms with Gasteiger partial charge in [-0.15, -0.1) is 0 Å². The predicted octanol–water partition coefficient (Wildman–Crippen LogP) is 2.85. The number of fused-ring (bicyclic) bond motifs is 1. The zero-order valence-corrected chi connectivity index (χ0v) is 20.2. The fourth-order valence-electron chi connectivity index (χ4n) is 4.88. The zero-order chi connectivity index (χ0) is 24.4. The summed E-state index contributed by atoms with van der Waals surface area (Å²) in [5, 5.41) is 0.585. The smallest absolute Gasteiger partial charge is 0.265 e. The second-order valence-electron chi connectivity index (χ2n) is 9.03. The molecule has 0 saturated carbocycles. The molecule has 0 aromatic heterocycles. The van der Waals surface area contributed by atoms with Gasteiger partial charge in [-0.25, -0.2) is 0 Å². The van der Waals surface area contributed by atoms with Gasteiger partial charge in [-0.05, 0) is 49.2 Å². The Morgan fingerprint density at radius 2 is 1.51 bits per heavy atom. The number of rotatable bonds is 3. The highest BCUT2D eigenvalue weighted by Crippen LogP contribution is 2.36. The number of hydrogen-bond donors (Lipinski definition) is 0. The third-order valence-electron chi connectivity index (χ3n) is 6.86. The summed E-state index contributed by atoms with van der Waals surface area (Å²) in [6.45, 7) is 3.23. The molecule has 0 N–H and O–H groups in total. The maximum absolute atomic E-state index is 13.7. The van der Waals surface area contributed by atoms with Gasteiger partial charge >= 0.3 is 0 Å². The Hall–Kier alpha value is -3.10. The lowest BCUT2D eigenvalue weighted by Crippen LogP contribution is -2.55. The molecule has 184 valence electrons. The van der Waals surface area contributed by atoms with E-state index in [4.69, 9.17) is 21.1 Å². The highest BCUT2D eigenvalue weighted by atomic mass is 35.5. The number of amides is 3. The number of carbonyl (C=O) groups excluding carboxylic acids is 3. The van der Waals surface area contributed by atoms with Gasteiger partial charge in [0.25, 0.3) is 11.8 Å². The average molecular weight is 498 g/mol. The van der Waals surface area contributed by atoms with Crippen molar-refractivity contribution in [1.82, 2.24) is 9.80 Å². The molecular weight excluding hydrogens is 470 g/mol. The number of likely N-dealkylation sites (tertiary alicyclic amines) is 1. The van der Waals surface area contributed by atoms with E-state index in [-0.39, 0.29) is 30.2 Å². The van der Waals surface area contributed by atoms with Gasteiger partial charge in [0.2, 0.25) is 5.91 Å². The molecule has 3 aliphatic heterocycles. The fraction of sp³-hybridized carbons (Fsp3) is 0.423. The predicted molar refractivity (Wildman–Crippen MR) is 131 cm³/mol. The minimum Gasteiger partial charge on any atom is -0.476 e. The normalized spacial score (nSPS) is 20.7. The van der Waals surface area contributed by atoms with E-state index in [0.717, 1.165) is 0 Å². The summed E-state index contributed by atoms with van der Waals surface area (Å²) < 4.78 is 11.4. The summed E-state index contributed by atoms with van der Waals surface area (Å²) in [5.41, 5.74) is 1.27. The summed E-state index contributed by atoms with van der Waals surface area (Å²) in [4.78, 5) is 44.9. The molecule has 35 heavy (non-hydrogen) atoms. The van der Waals surface area contributed by atoms with E-state index in [1.54, 1.807) is 45.0 Å². The Morgan fingerprint density at radius 1 is 0.829 bits per heavy atom. The van der Waals surface area contributed by atoms with E-state index in [9.17, 15) is 14.4 Å². The topological polar surface area (TPSA) is 79.4 Å². The van der Waals surface area contributed by atoms with E-state index < -0.39 is 6.10 Å². The summed E-state index contributed by atoms with van der Waals surface area (Å²) in [6, 6.07) is 14.2. The van der Waals surface area contributed by atoms with Crippen molar-refractivity contribution in [2.24, 2.45) is 5.92 Å². The molecule has 2 aromatic carbocycles. The number of piperidine rings is 1. The molecule has 0 radical (unpaired) electrons. The average Bonchev–Trinajstić information content (AvgIpc) is 2.92. The van der Waals surface area contributed by atoms with Crippen molar-refractivity contribution in [2.75, 3.05) is 50.8 Å². The maximum atomic E-state index is 13.7. The molecule has 9 heteroatoms. The van der Waals surface area contributed by atoms with E-state index in [1.807, 2.05) is 18.2 Å². The van der Waals surface area contributed by atoms with Crippen molar-refractivity contribution >= 4 is 35.0 Å². The summed E-state index contributed by atoms with van der Waals surface area (Å²) >= 11 is 5.93. The number of ether oxygens (including phenoxy) is 2. The number of para-hydroxylation sites is 2. The lowest BCUT2D eigenvalue weighted by Gasteiger charge is -2.39. The standard InChI is InChI=1S/C26H28ClN3O5/c27-20-7-5-18(6-8-20)24(31)28-11-9-19(10-12-28)25(32)30-17-23(26(33)29-13-15-34-16-14-29)35-22-4-2-1-3-21(22)30/h1-8,19,23H,9-17H2. The van der Waals surface area contributed by atoms with Crippen LogP contribution in [0.15, 0.2) is 48.5 Å². The van der Waals surface area contributed by atoms with Crippen LogP contribution in [0.5, 0.6) is 5.75 Å². The molecule has 2 saturated heterocycles. The van der Waals surface area contributed by atoms with Gasteiger partial charge in [0, 0.05) is 42.7 Å². The van der Waals surface area contributed by atoms with Crippen LogP contribution in [0, 0.1) is 5.92 Å².